The normalized spacial score (nSPS) is 11.8. The average molecular weight is 261 g/mol. The van der Waals surface area contributed by atoms with Crippen LogP contribution >= 0.6 is 0 Å². The molecule has 0 aliphatic carbocycles. The van der Waals surface area contributed by atoms with Gasteiger partial charge in [0.1, 0.15) is 11.6 Å². The van der Waals surface area contributed by atoms with Gasteiger partial charge in [-0.25, -0.2) is 4.39 Å². The van der Waals surface area contributed by atoms with Crippen molar-refractivity contribution in [3.63, 3.8) is 0 Å². The second-order valence-corrected chi connectivity index (χ2v) is 5.45. The Morgan fingerprint density at radius 2 is 1.95 bits per heavy atom. The minimum absolute atomic E-state index is 0.146. The number of aromatic nitrogens is 2. The Hall–Kier alpha value is -1.84. The van der Waals surface area contributed by atoms with E-state index in [1.807, 2.05) is 6.07 Å². The molecule has 1 heterocycles. The molecule has 3 nitrogen and oxygen atoms in total. The summed E-state index contributed by atoms with van der Waals surface area (Å²) in [4.78, 5) is 0. The fourth-order valence-electron chi connectivity index (χ4n) is 2.11. The molecule has 0 amide bonds. The van der Waals surface area contributed by atoms with E-state index in [-0.39, 0.29) is 11.2 Å². The summed E-state index contributed by atoms with van der Waals surface area (Å²) >= 11 is 0. The molecule has 19 heavy (non-hydrogen) atoms. The quantitative estimate of drug-likeness (QED) is 0.919. The van der Waals surface area contributed by atoms with Crippen LogP contribution in [0.25, 0.3) is 11.1 Å². The highest BCUT2D eigenvalue weighted by Crippen LogP contribution is 2.38. The summed E-state index contributed by atoms with van der Waals surface area (Å²) in [5, 5.41) is 4.50. The van der Waals surface area contributed by atoms with E-state index in [1.165, 1.54) is 6.07 Å². The maximum atomic E-state index is 14.0. The van der Waals surface area contributed by atoms with Crippen molar-refractivity contribution >= 4 is 5.82 Å². The summed E-state index contributed by atoms with van der Waals surface area (Å²) in [6, 6.07) is 6.69. The number of nitrogens with two attached hydrogens (primary N) is 1. The summed E-state index contributed by atoms with van der Waals surface area (Å²) in [6.07, 6.45) is 0.908. The number of rotatable bonds is 3. The Bertz CT molecular complexity index is 599. The van der Waals surface area contributed by atoms with Crippen LogP contribution in [0, 0.1) is 5.82 Å². The van der Waals surface area contributed by atoms with Crippen LogP contribution in [0.2, 0.25) is 0 Å². The van der Waals surface area contributed by atoms with Crippen LogP contribution in [0.3, 0.4) is 0 Å². The third-order valence-corrected chi connectivity index (χ3v) is 3.76. The van der Waals surface area contributed by atoms with Crippen LogP contribution in [-0.2, 0) is 12.5 Å². The van der Waals surface area contributed by atoms with E-state index in [2.05, 4.69) is 25.9 Å². The van der Waals surface area contributed by atoms with E-state index in [0.29, 0.717) is 16.9 Å². The molecule has 1 aromatic heterocycles. The van der Waals surface area contributed by atoms with Crippen molar-refractivity contribution in [3.8, 4) is 11.1 Å². The van der Waals surface area contributed by atoms with Gasteiger partial charge in [-0.3, -0.25) is 4.68 Å². The Kier molecular flexibility index (Phi) is 3.35. The van der Waals surface area contributed by atoms with Gasteiger partial charge in [0.05, 0.1) is 11.3 Å². The van der Waals surface area contributed by atoms with Crippen molar-refractivity contribution in [2.24, 2.45) is 7.05 Å². The molecule has 2 rings (SSSR count). The number of nitrogens with zero attached hydrogens (tertiary/aromatic N) is 2. The molecule has 0 spiro atoms. The third-order valence-electron chi connectivity index (χ3n) is 3.76. The smallest absolute Gasteiger partial charge is 0.131 e. The van der Waals surface area contributed by atoms with Gasteiger partial charge in [-0.1, -0.05) is 39.0 Å². The Labute approximate surface area is 113 Å². The van der Waals surface area contributed by atoms with E-state index in [9.17, 15) is 4.39 Å². The van der Waals surface area contributed by atoms with Gasteiger partial charge in [0.15, 0.2) is 0 Å². The van der Waals surface area contributed by atoms with Crippen LogP contribution < -0.4 is 5.73 Å². The summed E-state index contributed by atoms with van der Waals surface area (Å²) in [5.74, 6) is 0.233. The van der Waals surface area contributed by atoms with E-state index < -0.39 is 0 Å². The number of anilines is 1. The predicted molar refractivity (Wildman–Crippen MR) is 76.3 cm³/mol. The van der Waals surface area contributed by atoms with E-state index >= 15 is 0 Å². The highest BCUT2D eigenvalue weighted by Gasteiger charge is 2.29. The molecule has 0 bridgehead atoms. The number of halogens is 1. The largest absolute Gasteiger partial charge is 0.383 e. The predicted octanol–water partition coefficient (Wildman–Crippen LogP) is 3.50. The third kappa shape index (κ3) is 2.23. The highest BCUT2D eigenvalue weighted by atomic mass is 19.1. The van der Waals surface area contributed by atoms with Crippen molar-refractivity contribution < 1.29 is 4.39 Å². The first-order valence-corrected chi connectivity index (χ1v) is 6.46. The van der Waals surface area contributed by atoms with E-state index in [0.717, 1.165) is 12.1 Å². The molecule has 0 radical (unpaired) electrons. The monoisotopic (exact) mass is 261 g/mol. The van der Waals surface area contributed by atoms with Crippen molar-refractivity contribution in [2.75, 3.05) is 5.73 Å². The van der Waals surface area contributed by atoms with E-state index in [1.54, 1.807) is 23.9 Å². The van der Waals surface area contributed by atoms with Gasteiger partial charge in [-0.2, -0.15) is 5.10 Å². The lowest BCUT2D eigenvalue weighted by Gasteiger charge is -2.22. The van der Waals surface area contributed by atoms with Gasteiger partial charge in [-0.05, 0) is 12.5 Å². The van der Waals surface area contributed by atoms with Crippen molar-refractivity contribution in [1.82, 2.24) is 9.78 Å². The minimum atomic E-state index is -0.268. The van der Waals surface area contributed by atoms with Crippen LogP contribution in [0.1, 0.15) is 32.9 Å². The zero-order valence-electron chi connectivity index (χ0n) is 11.9. The summed E-state index contributed by atoms with van der Waals surface area (Å²) < 4.78 is 15.7. The summed E-state index contributed by atoms with van der Waals surface area (Å²) in [5.41, 5.74) is 8.02. The van der Waals surface area contributed by atoms with Crippen molar-refractivity contribution in [3.05, 3.63) is 35.8 Å². The molecule has 0 aliphatic rings. The summed E-state index contributed by atoms with van der Waals surface area (Å²) in [7, 11) is 1.79. The molecule has 4 heteroatoms. The first kappa shape index (κ1) is 13.6. The number of hydrogen-bond donors (Lipinski definition) is 1. The topological polar surface area (TPSA) is 43.8 Å². The van der Waals surface area contributed by atoms with Crippen LogP contribution in [0.4, 0.5) is 10.2 Å². The number of nitrogen functional groups attached to an aromatic ring is 1. The molecule has 2 N–H and O–H groups in total. The number of aryl methyl sites for hydroxylation is 1. The molecule has 0 fully saturated rings. The molecule has 102 valence electrons. The average Bonchev–Trinajstić information content (AvgIpc) is 2.68. The van der Waals surface area contributed by atoms with Gasteiger partial charge >= 0.3 is 0 Å². The Morgan fingerprint density at radius 3 is 2.53 bits per heavy atom. The molecule has 2 aromatic rings. The van der Waals surface area contributed by atoms with Crippen molar-refractivity contribution in [2.45, 2.75) is 32.6 Å². The SMILES string of the molecule is CCC(C)(C)c1nn(C)c(N)c1-c1ccccc1F. The van der Waals surface area contributed by atoms with Gasteiger partial charge in [0.2, 0.25) is 0 Å². The molecule has 0 atom stereocenters. The molecule has 1 aromatic carbocycles. The molecule has 0 aliphatic heterocycles. The maximum Gasteiger partial charge on any atom is 0.131 e. The highest BCUT2D eigenvalue weighted by molar-refractivity contribution is 5.78. The van der Waals surface area contributed by atoms with Gasteiger partial charge in [0, 0.05) is 18.0 Å². The number of hydrogen-bond acceptors (Lipinski definition) is 2. The first-order chi connectivity index (χ1) is 8.88. The fourth-order valence-corrected chi connectivity index (χ4v) is 2.11. The molecule has 0 saturated heterocycles. The Balaban J connectivity index is 2.73. The van der Waals surface area contributed by atoms with Crippen LogP contribution in [-0.4, -0.2) is 9.78 Å². The zero-order valence-corrected chi connectivity index (χ0v) is 11.9. The van der Waals surface area contributed by atoms with Gasteiger partial charge < -0.3 is 5.73 Å². The lowest BCUT2D eigenvalue weighted by molar-refractivity contribution is 0.483. The zero-order chi connectivity index (χ0) is 14.2. The summed E-state index contributed by atoms with van der Waals surface area (Å²) in [6.45, 7) is 6.29. The second-order valence-electron chi connectivity index (χ2n) is 5.45. The molecular formula is C15H20FN3. The standard InChI is InChI=1S/C15H20FN3/c1-5-15(2,3)13-12(14(17)19(4)18-13)10-8-6-7-9-11(10)16/h6-9H,5,17H2,1-4H3. The first-order valence-electron chi connectivity index (χ1n) is 6.46. The molecular weight excluding hydrogens is 241 g/mol. The van der Waals surface area contributed by atoms with Crippen LogP contribution in [0.15, 0.2) is 24.3 Å². The lowest BCUT2D eigenvalue weighted by Crippen LogP contribution is -2.17. The minimum Gasteiger partial charge on any atom is -0.383 e. The molecule has 0 saturated carbocycles. The van der Waals surface area contributed by atoms with Gasteiger partial charge in [-0.15, -0.1) is 0 Å². The second kappa shape index (κ2) is 4.68. The maximum absolute atomic E-state index is 14.0. The van der Waals surface area contributed by atoms with Crippen molar-refractivity contribution in [1.29, 1.82) is 0 Å². The fraction of sp³-hybridized carbons (Fsp3) is 0.400. The number of benzene rings is 1. The molecule has 0 unspecified atom stereocenters. The van der Waals surface area contributed by atoms with Gasteiger partial charge in [0.25, 0.3) is 0 Å². The van der Waals surface area contributed by atoms with E-state index in [4.69, 9.17) is 5.73 Å². The Morgan fingerprint density at radius 1 is 1.32 bits per heavy atom. The van der Waals surface area contributed by atoms with Crippen LogP contribution in [0.5, 0.6) is 0 Å². The lowest BCUT2D eigenvalue weighted by atomic mass is 9.82.